The highest BCUT2D eigenvalue weighted by Crippen LogP contribution is 2.26. The molecule has 2 fully saturated rings. The fourth-order valence-electron chi connectivity index (χ4n) is 3.16. The van der Waals surface area contributed by atoms with E-state index in [1.807, 2.05) is 11.3 Å². The van der Waals surface area contributed by atoms with Crippen LogP contribution in [0.4, 0.5) is 0 Å². The van der Waals surface area contributed by atoms with Crippen molar-refractivity contribution in [1.29, 1.82) is 0 Å². The number of fused-ring (bicyclic) bond motifs is 1. The Morgan fingerprint density at radius 1 is 1.40 bits per heavy atom. The van der Waals surface area contributed by atoms with Crippen LogP contribution in [0.5, 0.6) is 0 Å². The van der Waals surface area contributed by atoms with Gasteiger partial charge in [0, 0.05) is 37.0 Å². The first-order chi connectivity index (χ1) is 8.72. The second-order valence-corrected chi connectivity index (χ2v) is 6.85. The van der Waals surface area contributed by atoms with Crippen LogP contribution in [0, 0.1) is 5.92 Å². The van der Waals surface area contributed by atoms with Gasteiger partial charge in [-0.2, -0.15) is 0 Å². The largest absolute Gasteiger partial charge is 0.314 e. The molecule has 3 nitrogen and oxygen atoms in total. The molecular formula is C14H25Cl2N3S. The summed E-state index contributed by atoms with van der Waals surface area (Å²) in [5.41, 5.74) is 1.27. The maximum atomic E-state index is 4.75. The van der Waals surface area contributed by atoms with Crippen molar-refractivity contribution < 1.29 is 0 Å². The zero-order valence-corrected chi connectivity index (χ0v) is 14.6. The van der Waals surface area contributed by atoms with Gasteiger partial charge in [-0.1, -0.05) is 13.8 Å². The summed E-state index contributed by atoms with van der Waals surface area (Å²) in [7, 11) is 0. The van der Waals surface area contributed by atoms with Crippen LogP contribution in [0.2, 0.25) is 0 Å². The van der Waals surface area contributed by atoms with E-state index in [1.54, 1.807) is 0 Å². The Morgan fingerprint density at radius 2 is 2.20 bits per heavy atom. The van der Waals surface area contributed by atoms with Gasteiger partial charge in [0.1, 0.15) is 0 Å². The SMILES string of the molecule is CC(C)c1nc(CN2CCC3NCCC3C2)cs1.Cl.Cl. The van der Waals surface area contributed by atoms with Gasteiger partial charge in [0.05, 0.1) is 10.7 Å². The summed E-state index contributed by atoms with van der Waals surface area (Å²) in [5.74, 6) is 1.44. The molecule has 0 amide bonds. The van der Waals surface area contributed by atoms with Crippen LogP contribution >= 0.6 is 36.2 Å². The number of piperidine rings is 1. The highest BCUT2D eigenvalue weighted by Gasteiger charge is 2.32. The maximum absolute atomic E-state index is 4.75. The Balaban J connectivity index is 0.000001000. The molecule has 2 aliphatic heterocycles. The van der Waals surface area contributed by atoms with Crippen LogP contribution in [0.15, 0.2) is 5.38 Å². The van der Waals surface area contributed by atoms with Gasteiger partial charge in [-0.05, 0) is 25.3 Å². The van der Waals surface area contributed by atoms with E-state index in [4.69, 9.17) is 4.98 Å². The number of thiazole rings is 1. The Kier molecular flexibility index (Phi) is 7.22. The molecule has 2 aliphatic rings. The minimum atomic E-state index is 0. The van der Waals surface area contributed by atoms with Gasteiger partial charge in [-0.25, -0.2) is 4.98 Å². The number of hydrogen-bond donors (Lipinski definition) is 1. The highest BCUT2D eigenvalue weighted by atomic mass is 35.5. The first-order valence-corrected chi connectivity index (χ1v) is 8.00. The molecule has 3 heterocycles. The predicted octanol–water partition coefficient (Wildman–Crippen LogP) is 3.29. The topological polar surface area (TPSA) is 28.2 Å². The average Bonchev–Trinajstić information content (AvgIpc) is 2.96. The zero-order valence-electron chi connectivity index (χ0n) is 12.2. The Labute approximate surface area is 138 Å². The molecule has 20 heavy (non-hydrogen) atoms. The fraction of sp³-hybridized carbons (Fsp3) is 0.786. The number of hydrogen-bond acceptors (Lipinski definition) is 4. The molecule has 1 N–H and O–H groups in total. The first kappa shape index (κ1) is 18.2. The highest BCUT2D eigenvalue weighted by molar-refractivity contribution is 7.09. The quantitative estimate of drug-likeness (QED) is 0.917. The summed E-state index contributed by atoms with van der Waals surface area (Å²) >= 11 is 1.82. The second kappa shape index (κ2) is 7.95. The number of aromatic nitrogens is 1. The standard InChI is InChI=1S/C14H23N3S.2ClH/c1-10(2)14-16-12(9-18-14)8-17-6-4-13-11(7-17)3-5-15-13;;/h9-11,13,15H,3-8H2,1-2H3;2*1H. The average molecular weight is 338 g/mol. The van der Waals surface area contributed by atoms with Crippen LogP contribution in [-0.2, 0) is 6.54 Å². The van der Waals surface area contributed by atoms with Crippen LogP contribution in [-0.4, -0.2) is 35.6 Å². The molecule has 1 aromatic heterocycles. The van der Waals surface area contributed by atoms with Crippen LogP contribution in [0.1, 0.15) is 43.3 Å². The summed E-state index contributed by atoms with van der Waals surface area (Å²) in [6.45, 7) is 9.19. The van der Waals surface area contributed by atoms with Gasteiger partial charge in [0.15, 0.2) is 0 Å². The summed E-state index contributed by atoms with van der Waals surface area (Å²) in [5, 5.41) is 7.15. The van der Waals surface area contributed by atoms with Crippen molar-refractivity contribution >= 4 is 36.2 Å². The number of nitrogens with one attached hydrogen (secondary N) is 1. The van der Waals surface area contributed by atoms with Gasteiger partial charge in [0.25, 0.3) is 0 Å². The van der Waals surface area contributed by atoms with E-state index in [0.29, 0.717) is 5.92 Å². The van der Waals surface area contributed by atoms with Crippen molar-refractivity contribution in [2.45, 2.75) is 45.2 Å². The minimum Gasteiger partial charge on any atom is -0.314 e. The van der Waals surface area contributed by atoms with E-state index in [-0.39, 0.29) is 24.8 Å². The lowest BCUT2D eigenvalue weighted by atomic mass is 9.93. The van der Waals surface area contributed by atoms with E-state index in [1.165, 1.54) is 43.2 Å². The minimum absolute atomic E-state index is 0. The van der Waals surface area contributed by atoms with Gasteiger partial charge >= 0.3 is 0 Å². The molecule has 2 saturated heterocycles. The molecule has 0 aromatic carbocycles. The monoisotopic (exact) mass is 337 g/mol. The lowest BCUT2D eigenvalue weighted by Gasteiger charge is -2.34. The van der Waals surface area contributed by atoms with Crippen molar-refractivity contribution in [3.05, 3.63) is 16.1 Å². The van der Waals surface area contributed by atoms with E-state index in [2.05, 4.69) is 29.4 Å². The van der Waals surface area contributed by atoms with Gasteiger partial charge < -0.3 is 5.32 Å². The van der Waals surface area contributed by atoms with E-state index >= 15 is 0 Å². The summed E-state index contributed by atoms with van der Waals surface area (Å²) < 4.78 is 0. The van der Waals surface area contributed by atoms with Gasteiger partial charge in [-0.3, -0.25) is 4.90 Å². The smallest absolute Gasteiger partial charge is 0.0954 e. The fourth-order valence-corrected chi connectivity index (χ4v) is 3.98. The number of nitrogens with zero attached hydrogens (tertiary/aromatic N) is 2. The number of rotatable bonds is 3. The molecule has 0 radical (unpaired) electrons. The predicted molar refractivity (Wildman–Crippen MR) is 90.5 cm³/mol. The molecule has 2 unspecified atom stereocenters. The number of halogens is 2. The third kappa shape index (κ3) is 4.08. The lowest BCUT2D eigenvalue weighted by molar-refractivity contribution is 0.154. The van der Waals surface area contributed by atoms with Crippen molar-refractivity contribution in [3.63, 3.8) is 0 Å². The summed E-state index contributed by atoms with van der Waals surface area (Å²) in [6, 6.07) is 0.794. The zero-order chi connectivity index (χ0) is 12.5. The third-order valence-electron chi connectivity index (χ3n) is 4.19. The van der Waals surface area contributed by atoms with Crippen molar-refractivity contribution in [3.8, 4) is 0 Å². The van der Waals surface area contributed by atoms with Crippen LogP contribution in [0.3, 0.4) is 0 Å². The van der Waals surface area contributed by atoms with E-state index < -0.39 is 0 Å². The van der Waals surface area contributed by atoms with Gasteiger partial charge in [-0.15, -0.1) is 36.2 Å². The molecule has 0 spiro atoms. The van der Waals surface area contributed by atoms with Crippen LogP contribution in [0.25, 0.3) is 0 Å². The van der Waals surface area contributed by atoms with Crippen molar-refractivity contribution in [2.24, 2.45) is 5.92 Å². The molecule has 1 aromatic rings. The molecule has 0 saturated carbocycles. The van der Waals surface area contributed by atoms with E-state index in [0.717, 1.165) is 18.5 Å². The number of likely N-dealkylation sites (tertiary alicyclic amines) is 1. The third-order valence-corrected chi connectivity index (χ3v) is 5.38. The Hall–Kier alpha value is 0.130. The summed E-state index contributed by atoms with van der Waals surface area (Å²) in [6.07, 6.45) is 2.67. The molecular weight excluding hydrogens is 313 g/mol. The molecule has 3 rings (SSSR count). The Bertz CT molecular complexity index is 411. The van der Waals surface area contributed by atoms with Crippen LogP contribution < -0.4 is 5.32 Å². The van der Waals surface area contributed by atoms with Gasteiger partial charge in [0.2, 0.25) is 0 Å². The normalized spacial score (nSPS) is 25.9. The van der Waals surface area contributed by atoms with Crippen molar-refractivity contribution in [1.82, 2.24) is 15.2 Å². The molecule has 116 valence electrons. The maximum Gasteiger partial charge on any atom is 0.0954 e. The summed E-state index contributed by atoms with van der Waals surface area (Å²) in [4.78, 5) is 7.34. The Morgan fingerprint density at radius 3 is 2.90 bits per heavy atom. The first-order valence-electron chi connectivity index (χ1n) is 7.12. The second-order valence-electron chi connectivity index (χ2n) is 5.96. The molecule has 0 bridgehead atoms. The lowest BCUT2D eigenvalue weighted by Crippen LogP contribution is -2.43. The molecule has 2 atom stereocenters. The molecule has 6 heteroatoms. The van der Waals surface area contributed by atoms with E-state index in [9.17, 15) is 0 Å². The van der Waals surface area contributed by atoms with Crippen molar-refractivity contribution in [2.75, 3.05) is 19.6 Å². The molecule has 0 aliphatic carbocycles.